The quantitative estimate of drug-likeness (QED) is 0.797. The first-order valence-corrected chi connectivity index (χ1v) is 7.46. The van der Waals surface area contributed by atoms with Crippen molar-refractivity contribution in [2.75, 3.05) is 6.54 Å². The van der Waals surface area contributed by atoms with Crippen molar-refractivity contribution in [3.63, 3.8) is 0 Å². The Hall–Kier alpha value is -0.530. The van der Waals surface area contributed by atoms with Gasteiger partial charge in [0.2, 0.25) is 5.91 Å². The summed E-state index contributed by atoms with van der Waals surface area (Å²) in [6.45, 7) is 2.78. The van der Waals surface area contributed by atoms with Crippen LogP contribution in [0, 0.1) is 23.2 Å². The molecule has 0 aromatic carbocycles. The summed E-state index contributed by atoms with van der Waals surface area (Å²) in [7, 11) is 0. The van der Waals surface area contributed by atoms with Crippen molar-refractivity contribution in [2.24, 2.45) is 23.2 Å². The highest BCUT2D eigenvalue weighted by Crippen LogP contribution is 2.61. The summed E-state index contributed by atoms with van der Waals surface area (Å²) in [6, 6.07) is 0. The lowest BCUT2D eigenvalue weighted by atomic mass is 9.48. The van der Waals surface area contributed by atoms with Gasteiger partial charge in [0.15, 0.2) is 0 Å². The third-order valence-electron chi connectivity index (χ3n) is 5.42. The number of carbonyl (C=O) groups is 1. The molecule has 2 nitrogen and oxygen atoms in total. The van der Waals surface area contributed by atoms with E-state index in [4.69, 9.17) is 0 Å². The smallest absolute Gasteiger partial charge is 0.220 e. The third kappa shape index (κ3) is 2.23. The highest BCUT2D eigenvalue weighted by Gasteiger charge is 2.50. The molecule has 0 atom stereocenters. The van der Waals surface area contributed by atoms with Gasteiger partial charge in [-0.2, -0.15) is 0 Å². The lowest BCUT2D eigenvalue weighted by Gasteiger charge is -2.57. The highest BCUT2D eigenvalue weighted by atomic mass is 16.1. The molecule has 4 rings (SSSR count). The maximum absolute atomic E-state index is 11.6. The normalized spacial score (nSPS) is 42.8. The lowest BCUT2D eigenvalue weighted by Crippen LogP contribution is -2.46. The van der Waals surface area contributed by atoms with Gasteiger partial charge in [-0.1, -0.05) is 0 Å². The van der Waals surface area contributed by atoms with Gasteiger partial charge in [0.25, 0.3) is 0 Å². The number of hydrogen-bond acceptors (Lipinski definition) is 1. The van der Waals surface area contributed by atoms with Crippen molar-refractivity contribution in [2.45, 2.75) is 58.3 Å². The van der Waals surface area contributed by atoms with Crippen LogP contribution in [0.15, 0.2) is 0 Å². The zero-order valence-electron chi connectivity index (χ0n) is 11.0. The van der Waals surface area contributed by atoms with E-state index in [1.165, 1.54) is 38.5 Å². The second-order valence-corrected chi connectivity index (χ2v) is 6.87. The van der Waals surface area contributed by atoms with Crippen LogP contribution in [-0.2, 0) is 4.79 Å². The molecule has 4 saturated carbocycles. The molecule has 4 aliphatic rings. The van der Waals surface area contributed by atoms with E-state index in [2.05, 4.69) is 5.32 Å². The van der Waals surface area contributed by atoms with Crippen molar-refractivity contribution in [1.82, 2.24) is 5.32 Å². The average molecular weight is 235 g/mol. The maximum Gasteiger partial charge on any atom is 0.220 e. The topological polar surface area (TPSA) is 29.1 Å². The molecule has 96 valence electrons. The predicted octanol–water partition coefficient (Wildman–Crippen LogP) is 3.12. The molecule has 0 aliphatic heterocycles. The Bertz CT molecular complexity index is 275. The minimum Gasteiger partial charge on any atom is -0.356 e. The van der Waals surface area contributed by atoms with Gasteiger partial charge in [0.05, 0.1) is 0 Å². The summed E-state index contributed by atoms with van der Waals surface area (Å²) in [6.07, 6.45) is 10.7. The largest absolute Gasteiger partial charge is 0.356 e. The van der Waals surface area contributed by atoms with Crippen LogP contribution in [0.2, 0.25) is 0 Å². The summed E-state index contributed by atoms with van der Waals surface area (Å²) >= 11 is 0. The van der Waals surface area contributed by atoms with E-state index in [1.54, 1.807) is 0 Å². The Morgan fingerprint density at radius 1 is 1.12 bits per heavy atom. The van der Waals surface area contributed by atoms with Gasteiger partial charge in [0.1, 0.15) is 0 Å². The Morgan fingerprint density at radius 2 is 1.65 bits per heavy atom. The van der Waals surface area contributed by atoms with E-state index in [9.17, 15) is 4.79 Å². The SMILES string of the molecule is CCNC(=O)CCC12CC3CC(CC(C3)C1)C2. The minimum atomic E-state index is 0.267. The average Bonchev–Trinajstić information content (AvgIpc) is 2.25. The number of hydrogen-bond donors (Lipinski definition) is 1. The summed E-state index contributed by atoms with van der Waals surface area (Å²) in [5, 5.41) is 2.94. The fourth-order valence-electron chi connectivity index (χ4n) is 5.26. The molecule has 4 aliphatic carbocycles. The molecular weight excluding hydrogens is 210 g/mol. The van der Waals surface area contributed by atoms with Crippen LogP contribution in [0.3, 0.4) is 0 Å². The fourth-order valence-corrected chi connectivity index (χ4v) is 5.26. The summed E-state index contributed by atoms with van der Waals surface area (Å²) < 4.78 is 0. The Morgan fingerprint density at radius 3 is 2.12 bits per heavy atom. The first-order valence-electron chi connectivity index (χ1n) is 7.46. The van der Waals surface area contributed by atoms with Gasteiger partial charge in [-0.05, 0) is 75.0 Å². The van der Waals surface area contributed by atoms with E-state index >= 15 is 0 Å². The van der Waals surface area contributed by atoms with Gasteiger partial charge in [-0.3, -0.25) is 4.79 Å². The Kier molecular flexibility index (Phi) is 2.92. The molecule has 4 bridgehead atoms. The monoisotopic (exact) mass is 235 g/mol. The number of rotatable bonds is 4. The Balaban J connectivity index is 1.60. The minimum absolute atomic E-state index is 0.267. The Labute approximate surface area is 105 Å². The highest BCUT2D eigenvalue weighted by molar-refractivity contribution is 5.75. The second-order valence-electron chi connectivity index (χ2n) is 6.87. The number of amides is 1. The second kappa shape index (κ2) is 4.29. The maximum atomic E-state index is 11.6. The van der Waals surface area contributed by atoms with Crippen molar-refractivity contribution >= 4 is 5.91 Å². The van der Waals surface area contributed by atoms with Crippen molar-refractivity contribution in [3.8, 4) is 0 Å². The van der Waals surface area contributed by atoms with Gasteiger partial charge in [0, 0.05) is 13.0 Å². The summed E-state index contributed by atoms with van der Waals surface area (Å²) in [5.41, 5.74) is 0.569. The zero-order chi connectivity index (χ0) is 11.9. The lowest BCUT2D eigenvalue weighted by molar-refractivity contribution is -0.123. The van der Waals surface area contributed by atoms with Crippen LogP contribution in [0.25, 0.3) is 0 Å². The summed E-state index contributed by atoms with van der Waals surface area (Å²) in [4.78, 5) is 11.6. The molecule has 0 unspecified atom stereocenters. The van der Waals surface area contributed by atoms with Crippen LogP contribution >= 0.6 is 0 Å². The van der Waals surface area contributed by atoms with Crippen LogP contribution in [0.4, 0.5) is 0 Å². The standard InChI is InChI=1S/C15H25NO/c1-2-16-14(17)3-4-15-8-11-5-12(9-15)7-13(6-11)10-15/h11-13H,2-10H2,1H3,(H,16,17). The third-order valence-corrected chi connectivity index (χ3v) is 5.42. The molecule has 0 radical (unpaired) electrons. The van der Waals surface area contributed by atoms with Crippen LogP contribution in [-0.4, -0.2) is 12.5 Å². The molecule has 1 amide bonds. The van der Waals surface area contributed by atoms with Gasteiger partial charge in [-0.25, -0.2) is 0 Å². The molecule has 0 heterocycles. The molecule has 17 heavy (non-hydrogen) atoms. The van der Waals surface area contributed by atoms with E-state index in [1.807, 2.05) is 6.92 Å². The molecule has 0 spiro atoms. The first kappa shape index (κ1) is 11.6. The van der Waals surface area contributed by atoms with Crippen molar-refractivity contribution < 1.29 is 4.79 Å². The molecule has 2 heteroatoms. The molecule has 0 aromatic heterocycles. The van der Waals surface area contributed by atoms with Crippen molar-refractivity contribution in [1.29, 1.82) is 0 Å². The van der Waals surface area contributed by atoms with E-state index in [0.29, 0.717) is 5.41 Å². The van der Waals surface area contributed by atoms with E-state index < -0.39 is 0 Å². The van der Waals surface area contributed by atoms with Gasteiger partial charge in [-0.15, -0.1) is 0 Å². The molecule has 1 N–H and O–H groups in total. The number of carbonyl (C=O) groups excluding carboxylic acids is 1. The number of nitrogens with one attached hydrogen (secondary N) is 1. The van der Waals surface area contributed by atoms with Crippen molar-refractivity contribution in [3.05, 3.63) is 0 Å². The fraction of sp³-hybridized carbons (Fsp3) is 0.933. The molecular formula is C15H25NO. The first-order chi connectivity index (χ1) is 8.19. The van der Waals surface area contributed by atoms with Gasteiger partial charge < -0.3 is 5.32 Å². The zero-order valence-corrected chi connectivity index (χ0v) is 11.0. The van der Waals surface area contributed by atoms with E-state index in [0.717, 1.165) is 37.1 Å². The predicted molar refractivity (Wildman–Crippen MR) is 68.5 cm³/mol. The molecule has 0 aromatic rings. The van der Waals surface area contributed by atoms with Gasteiger partial charge >= 0.3 is 0 Å². The molecule has 4 fully saturated rings. The van der Waals surface area contributed by atoms with Crippen LogP contribution in [0.5, 0.6) is 0 Å². The van der Waals surface area contributed by atoms with E-state index in [-0.39, 0.29) is 5.91 Å². The van der Waals surface area contributed by atoms with Crippen LogP contribution in [0.1, 0.15) is 58.3 Å². The summed E-state index contributed by atoms with van der Waals surface area (Å²) in [5.74, 6) is 3.30. The molecule has 0 saturated heterocycles. The van der Waals surface area contributed by atoms with Crippen LogP contribution < -0.4 is 5.32 Å².